The number of nitrogen functional groups attached to an aromatic ring is 1. The van der Waals surface area contributed by atoms with Crippen molar-refractivity contribution >= 4 is 11.4 Å². The minimum atomic E-state index is 0.513. The summed E-state index contributed by atoms with van der Waals surface area (Å²) in [5.74, 6) is 2.30. The first-order chi connectivity index (χ1) is 10.2. The standard InChI is InChI=1S/C17H28N2O2/c1-4-5-12-6-8-13(9-7-12)19-15-11-17(21-3)16(20-2)10-14(15)18/h10-13,19H,4-9,18H2,1-3H3. The van der Waals surface area contributed by atoms with Crippen molar-refractivity contribution in [1.29, 1.82) is 0 Å². The SMILES string of the molecule is CCCC1CCC(Nc2cc(OC)c(OC)cc2N)CC1. The number of rotatable bonds is 6. The first-order valence-corrected chi connectivity index (χ1v) is 7.96. The molecule has 0 saturated heterocycles. The predicted octanol–water partition coefficient (Wildman–Crippen LogP) is 4.06. The van der Waals surface area contributed by atoms with Gasteiger partial charge in [0.05, 0.1) is 25.6 Å². The molecule has 0 aromatic heterocycles. The Morgan fingerprint density at radius 1 is 1.10 bits per heavy atom. The number of nitrogens with two attached hydrogens (primary N) is 1. The van der Waals surface area contributed by atoms with Gasteiger partial charge in [0, 0.05) is 18.2 Å². The molecule has 0 radical (unpaired) electrons. The van der Waals surface area contributed by atoms with Crippen LogP contribution in [0.3, 0.4) is 0 Å². The van der Waals surface area contributed by atoms with Gasteiger partial charge in [-0.05, 0) is 31.6 Å². The molecule has 4 nitrogen and oxygen atoms in total. The number of benzene rings is 1. The van der Waals surface area contributed by atoms with Gasteiger partial charge in [-0.3, -0.25) is 0 Å². The second kappa shape index (κ2) is 7.43. The van der Waals surface area contributed by atoms with Crippen molar-refractivity contribution in [3.05, 3.63) is 12.1 Å². The molecule has 1 aromatic rings. The number of ether oxygens (including phenoxy) is 2. The van der Waals surface area contributed by atoms with E-state index in [2.05, 4.69) is 12.2 Å². The van der Waals surface area contributed by atoms with Gasteiger partial charge < -0.3 is 20.5 Å². The molecule has 1 aromatic carbocycles. The van der Waals surface area contributed by atoms with Crippen molar-refractivity contribution in [2.75, 3.05) is 25.3 Å². The molecule has 0 aliphatic heterocycles. The van der Waals surface area contributed by atoms with Crippen molar-refractivity contribution in [2.24, 2.45) is 5.92 Å². The van der Waals surface area contributed by atoms with Gasteiger partial charge in [-0.1, -0.05) is 19.8 Å². The molecule has 0 amide bonds. The van der Waals surface area contributed by atoms with Gasteiger partial charge in [-0.25, -0.2) is 0 Å². The van der Waals surface area contributed by atoms with Crippen LogP contribution in [0.4, 0.5) is 11.4 Å². The van der Waals surface area contributed by atoms with Crippen LogP contribution < -0.4 is 20.5 Å². The quantitative estimate of drug-likeness (QED) is 0.776. The molecule has 118 valence electrons. The Labute approximate surface area is 128 Å². The third kappa shape index (κ3) is 3.96. The van der Waals surface area contributed by atoms with Crippen LogP contribution in [0.2, 0.25) is 0 Å². The molecule has 0 spiro atoms. The highest BCUT2D eigenvalue weighted by atomic mass is 16.5. The highest BCUT2D eigenvalue weighted by Gasteiger charge is 2.21. The lowest BCUT2D eigenvalue weighted by Crippen LogP contribution is -2.26. The summed E-state index contributed by atoms with van der Waals surface area (Å²) in [6.07, 6.45) is 7.74. The third-order valence-electron chi connectivity index (χ3n) is 4.46. The highest BCUT2D eigenvalue weighted by Crippen LogP contribution is 2.37. The van der Waals surface area contributed by atoms with Gasteiger partial charge in [0.15, 0.2) is 11.5 Å². The minimum Gasteiger partial charge on any atom is -0.493 e. The summed E-state index contributed by atoms with van der Waals surface area (Å²) in [5.41, 5.74) is 7.78. The molecule has 0 atom stereocenters. The summed E-state index contributed by atoms with van der Waals surface area (Å²) >= 11 is 0. The summed E-state index contributed by atoms with van der Waals surface area (Å²) in [5, 5.41) is 3.58. The van der Waals surface area contributed by atoms with Gasteiger partial charge >= 0.3 is 0 Å². The normalized spacial score (nSPS) is 21.9. The summed E-state index contributed by atoms with van der Waals surface area (Å²) in [7, 11) is 3.27. The van der Waals surface area contributed by atoms with E-state index in [1.54, 1.807) is 14.2 Å². The second-order valence-corrected chi connectivity index (χ2v) is 5.95. The summed E-state index contributed by atoms with van der Waals surface area (Å²) in [6.45, 7) is 2.27. The molecule has 2 rings (SSSR count). The fourth-order valence-corrected chi connectivity index (χ4v) is 3.24. The van der Waals surface area contributed by atoms with Gasteiger partial charge in [-0.2, -0.15) is 0 Å². The average molecular weight is 292 g/mol. The van der Waals surface area contributed by atoms with Gasteiger partial charge in [0.25, 0.3) is 0 Å². The van der Waals surface area contributed by atoms with Crippen LogP contribution in [-0.2, 0) is 0 Å². The number of hydrogen-bond acceptors (Lipinski definition) is 4. The van der Waals surface area contributed by atoms with E-state index in [1.807, 2.05) is 12.1 Å². The molecule has 1 fully saturated rings. The van der Waals surface area contributed by atoms with Crippen molar-refractivity contribution in [3.8, 4) is 11.5 Å². The Morgan fingerprint density at radius 2 is 1.71 bits per heavy atom. The second-order valence-electron chi connectivity index (χ2n) is 5.95. The fourth-order valence-electron chi connectivity index (χ4n) is 3.24. The van der Waals surface area contributed by atoms with Gasteiger partial charge in [0.2, 0.25) is 0 Å². The number of anilines is 2. The molecule has 0 unspecified atom stereocenters. The summed E-state index contributed by atoms with van der Waals surface area (Å²) in [6, 6.07) is 4.27. The Bertz CT molecular complexity index is 454. The zero-order valence-electron chi connectivity index (χ0n) is 13.4. The van der Waals surface area contributed by atoms with E-state index in [0.29, 0.717) is 23.2 Å². The molecular weight excluding hydrogens is 264 g/mol. The van der Waals surface area contributed by atoms with E-state index in [4.69, 9.17) is 15.2 Å². The van der Waals surface area contributed by atoms with Crippen molar-refractivity contribution < 1.29 is 9.47 Å². The van der Waals surface area contributed by atoms with Crippen molar-refractivity contribution in [3.63, 3.8) is 0 Å². The maximum atomic E-state index is 6.11. The van der Waals surface area contributed by atoms with Crippen molar-refractivity contribution in [1.82, 2.24) is 0 Å². The maximum absolute atomic E-state index is 6.11. The molecule has 1 saturated carbocycles. The average Bonchev–Trinajstić information content (AvgIpc) is 2.51. The van der Waals surface area contributed by atoms with E-state index >= 15 is 0 Å². The number of nitrogens with one attached hydrogen (secondary N) is 1. The monoisotopic (exact) mass is 292 g/mol. The van der Waals surface area contributed by atoms with E-state index in [1.165, 1.54) is 38.5 Å². The van der Waals surface area contributed by atoms with E-state index < -0.39 is 0 Å². The molecule has 21 heavy (non-hydrogen) atoms. The van der Waals surface area contributed by atoms with Gasteiger partial charge in [-0.15, -0.1) is 0 Å². The van der Waals surface area contributed by atoms with Gasteiger partial charge in [0.1, 0.15) is 0 Å². The fraction of sp³-hybridized carbons (Fsp3) is 0.647. The topological polar surface area (TPSA) is 56.5 Å². The highest BCUT2D eigenvalue weighted by molar-refractivity contribution is 5.72. The smallest absolute Gasteiger partial charge is 0.162 e. The van der Waals surface area contributed by atoms with Crippen LogP contribution in [0.25, 0.3) is 0 Å². The third-order valence-corrected chi connectivity index (χ3v) is 4.46. The Kier molecular flexibility index (Phi) is 5.59. The van der Waals surface area contributed by atoms with Crippen LogP contribution in [-0.4, -0.2) is 20.3 Å². The Hall–Kier alpha value is -1.58. The number of methoxy groups -OCH3 is 2. The molecule has 3 N–H and O–H groups in total. The molecule has 0 heterocycles. The zero-order chi connectivity index (χ0) is 15.2. The molecule has 0 bridgehead atoms. The number of hydrogen-bond donors (Lipinski definition) is 2. The lowest BCUT2D eigenvalue weighted by molar-refractivity contribution is 0.319. The van der Waals surface area contributed by atoms with E-state index in [0.717, 1.165) is 11.6 Å². The van der Waals surface area contributed by atoms with Crippen LogP contribution >= 0.6 is 0 Å². The minimum absolute atomic E-state index is 0.513. The summed E-state index contributed by atoms with van der Waals surface area (Å²) in [4.78, 5) is 0. The Balaban J connectivity index is 2.00. The Morgan fingerprint density at radius 3 is 2.29 bits per heavy atom. The van der Waals surface area contributed by atoms with Crippen molar-refractivity contribution in [2.45, 2.75) is 51.5 Å². The lowest BCUT2D eigenvalue weighted by Gasteiger charge is -2.30. The molecule has 4 heteroatoms. The largest absolute Gasteiger partial charge is 0.493 e. The van der Waals surface area contributed by atoms with E-state index in [9.17, 15) is 0 Å². The van der Waals surface area contributed by atoms with Crippen LogP contribution in [0.15, 0.2) is 12.1 Å². The van der Waals surface area contributed by atoms with Crippen LogP contribution in [0.5, 0.6) is 11.5 Å². The molecule has 1 aliphatic carbocycles. The zero-order valence-corrected chi connectivity index (χ0v) is 13.4. The molecular formula is C17H28N2O2. The van der Waals surface area contributed by atoms with Crippen LogP contribution in [0.1, 0.15) is 45.4 Å². The summed E-state index contributed by atoms with van der Waals surface area (Å²) < 4.78 is 10.6. The first-order valence-electron chi connectivity index (χ1n) is 7.96. The first kappa shape index (κ1) is 15.8. The van der Waals surface area contributed by atoms with Crippen LogP contribution in [0, 0.1) is 5.92 Å². The molecule has 1 aliphatic rings. The maximum Gasteiger partial charge on any atom is 0.162 e. The van der Waals surface area contributed by atoms with E-state index in [-0.39, 0.29) is 0 Å². The predicted molar refractivity (Wildman–Crippen MR) is 88.2 cm³/mol. The lowest BCUT2D eigenvalue weighted by atomic mass is 9.83.